The average Bonchev–Trinajstić information content (AvgIpc) is 2.28. The van der Waals surface area contributed by atoms with Gasteiger partial charge in [-0.05, 0) is 24.5 Å². The first kappa shape index (κ1) is 11.7. The predicted octanol–water partition coefficient (Wildman–Crippen LogP) is 1.15. The van der Waals surface area contributed by atoms with Crippen molar-refractivity contribution in [1.82, 2.24) is 16.0 Å². The number of nitrogens with zero attached hydrogens (tertiary/aromatic N) is 1. The van der Waals surface area contributed by atoms with Gasteiger partial charge in [-0.2, -0.15) is 0 Å². The van der Waals surface area contributed by atoms with Crippen LogP contribution in [0.1, 0.15) is 24.8 Å². The van der Waals surface area contributed by atoms with Gasteiger partial charge >= 0.3 is 0 Å². The molecule has 0 aromatic carbocycles. The number of pyridine rings is 1. The maximum Gasteiger partial charge on any atom is 0.220 e. The molecular weight excluding hydrogens is 190 g/mol. The highest BCUT2D eigenvalue weighted by atomic mass is 16.1. The molecule has 1 aromatic heterocycles. The molecule has 81 valence electrons. The van der Waals surface area contributed by atoms with E-state index >= 15 is 0 Å². The molecule has 0 spiro atoms. The second kappa shape index (κ2) is 6.95. The summed E-state index contributed by atoms with van der Waals surface area (Å²) in [5, 5.41) is 2.82. The van der Waals surface area contributed by atoms with Crippen molar-refractivity contribution in [3.63, 3.8) is 0 Å². The molecule has 0 bridgehead atoms. The average molecular weight is 206 g/mol. The minimum atomic E-state index is 0.0484. The molecule has 0 aliphatic heterocycles. The minimum absolute atomic E-state index is 0.0484. The smallest absolute Gasteiger partial charge is 0.220 e. The van der Waals surface area contributed by atoms with Gasteiger partial charge in [0.2, 0.25) is 5.91 Å². The lowest BCUT2D eigenvalue weighted by Gasteiger charge is -2.04. The van der Waals surface area contributed by atoms with E-state index < -0.39 is 0 Å². The second-order valence-corrected chi connectivity index (χ2v) is 3.35. The van der Waals surface area contributed by atoms with Crippen LogP contribution in [0.15, 0.2) is 24.5 Å². The molecule has 1 rings (SSSR count). The Morgan fingerprint density at radius 2 is 2.33 bits per heavy atom. The summed E-state index contributed by atoms with van der Waals surface area (Å²) in [5.41, 5.74) is 7.95. The van der Waals surface area contributed by atoms with Crippen LogP contribution in [0.5, 0.6) is 0 Å². The van der Waals surface area contributed by atoms with Gasteiger partial charge in [-0.1, -0.05) is 6.07 Å². The zero-order valence-electron chi connectivity index (χ0n) is 8.70. The summed E-state index contributed by atoms with van der Waals surface area (Å²) in [4.78, 5) is 15.3. The Morgan fingerprint density at radius 3 is 3.00 bits per heavy atom. The minimum Gasteiger partial charge on any atom is -0.352 e. The number of nitrogens with one attached hydrogen (secondary N) is 2. The third-order valence-electron chi connectivity index (χ3n) is 2.04. The largest absolute Gasteiger partial charge is 0.352 e. The first-order valence-corrected chi connectivity index (χ1v) is 5.13. The molecule has 1 heterocycles. The highest BCUT2D eigenvalue weighted by molar-refractivity contribution is 5.75. The SMILES string of the molecule is [NH]CCCCC(=O)NCc1cccnc1. The lowest BCUT2D eigenvalue weighted by atomic mass is 10.2. The molecule has 0 saturated heterocycles. The van der Waals surface area contributed by atoms with Crippen molar-refractivity contribution in [2.24, 2.45) is 0 Å². The second-order valence-electron chi connectivity index (χ2n) is 3.35. The van der Waals surface area contributed by atoms with Gasteiger partial charge in [-0.3, -0.25) is 15.5 Å². The van der Waals surface area contributed by atoms with Crippen LogP contribution in [-0.2, 0) is 11.3 Å². The van der Waals surface area contributed by atoms with Crippen molar-refractivity contribution in [2.45, 2.75) is 25.8 Å². The molecule has 1 aromatic rings. The third-order valence-corrected chi connectivity index (χ3v) is 2.04. The Balaban J connectivity index is 2.17. The molecule has 0 aliphatic carbocycles. The van der Waals surface area contributed by atoms with Crippen LogP contribution in [0.2, 0.25) is 0 Å². The van der Waals surface area contributed by atoms with Gasteiger partial charge in [-0.25, -0.2) is 0 Å². The summed E-state index contributed by atoms with van der Waals surface area (Å²) in [6, 6.07) is 3.78. The summed E-state index contributed by atoms with van der Waals surface area (Å²) in [6.45, 7) is 0.934. The van der Waals surface area contributed by atoms with Crippen molar-refractivity contribution in [1.29, 1.82) is 0 Å². The molecule has 15 heavy (non-hydrogen) atoms. The van der Waals surface area contributed by atoms with E-state index in [1.165, 1.54) is 0 Å². The third kappa shape index (κ3) is 5.12. The molecule has 0 atom stereocenters. The Kier molecular flexibility index (Phi) is 5.40. The summed E-state index contributed by atoms with van der Waals surface area (Å²) in [5.74, 6) is 0.0484. The van der Waals surface area contributed by atoms with E-state index in [2.05, 4.69) is 10.3 Å². The van der Waals surface area contributed by atoms with Crippen molar-refractivity contribution in [2.75, 3.05) is 6.54 Å². The van der Waals surface area contributed by atoms with E-state index in [-0.39, 0.29) is 5.91 Å². The molecule has 1 radical (unpaired) electrons. The number of aromatic nitrogens is 1. The molecule has 4 heteroatoms. The van der Waals surface area contributed by atoms with E-state index in [1.54, 1.807) is 12.4 Å². The fraction of sp³-hybridized carbons (Fsp3) is 0.455. The molecule has 0 fully saturated rings. The number of hydrogen-bond donors (Lipinski definition) is 1. The normalized spacial score (nSPS) is 9.93. The predicted molar refractivity (Wildman–Crippen MR) is 57.9 cm³/mol. The Labute approximate surface area is 89.9 Å². The van der Waals surface area contributed by atoms with Crippen molar-refractivity contribution >= 4 is 5.91 Å². The van der Waals surface area contributed by atoms with Gasteiger partial charge in [0.05, 0.1) is 0 Å². The summed E-state index contributed by atoms with van der Waals surface area (Å²) >= 11 is 0. The maximum atomic E-state index is 11.3. The van der Waals surface area contributed by atoms with Crippen LogP contribution in [0.25, 0.3) is 0 Å². The number of rotatable bonds is 6. The molecule has 1 amide bonds. The number of carbonyl (C=O) groups excluding carboxylic acids is 1. The van der Waals surface area contributed by atoms with Crippen LogP contribution < -0.4 is 11.1 Å². The Bertz CT molecular complexity index is 287. The van der Waals surface area contributed by atoms with Crippen LogP contribution in [0.4, 0.5) is 0 Å². The first-order chi connectivity index (χ1) is 7.33. The molecule has 0 aliphatic rings. The fourth-order valence-corrected chi connectivity index (χ4v) is 1.20. The highest BCUT2D eigenvalue weighted by Gasteiger charge is 2.00. The summed E-state index contributed by atoms with van der Waals surface area (Å²) in [7, 11) is 0. The lowest BCUT2D eigenvalue weighted by Crippen LogP contribution is -2.22. The Hall–Kier alpha value is -1.42. The van der Waals surface area contributed by atoms with Crippen molar-refractivity contribution < 1.29 is 4.79 Å². The van der Waals surface area contributed by atoms with Crippen LogP contribution in [0.3, 0.4) is 0 Å². The van der Waals surface area contributed by atoms with Gasteiger partial charge in [0.25, 0.3) is 0 Å². The van der Waals surface area contributed by atoms with Crippen LogP contribution in [-0.4, -0.2) is 17.4 Å². The molecule has 4 nitrogen and oxygen atoms in total. The van der Waals surface area contributed by atoms with Gasteiger partial charge in [0, 0.05) is 31.9 Å². The van der Waals surface area contributed by atoms with Gasteiger partial charge in [0.15, 0.2) is 0 Å². The standard InChI is InChI=1S/C11H16N3O/c12-6-2-1-5-11(15)14-9-10-4-3-7-13-8-10/h3-4,7-8,12H,1-2,5-6,9H2,(H,14,15). The summed E-state index contributed by atoms with van der Waals surface area (Å²) < 4.78 is 0. The molecular formula is C11H16N3O. The van der Waals surface area contributed by atoms with Crippen molar-refractivity contribution in [3.05, 3.63) is 30.1 Å². The highest BCUT2D eigenvalue weighted by Crippen LogP contribution is 1.97. The van der Waals surface area contributed by atoms with Gasteiger partial charge in [0.1, 0.15) is 0 Å². The Morgan fingerprint density at radius 1 is 1.47 bits per heavy atom. The number of amides is 1. The number of unbranched alkanes of at least 4 members (excludes halogenated alkanes) is 1. The molecule has 0 saturated carbocycles. The monoisotopic (exact) mass is 206 g/mol. The van der Waals surface area contributed by atoms with E-state index in [0.717, 1.165) is 18.4 Å². The van der Waals surface area contributed by atoms with Crippen LogP contribution in [0, 0.1) is 0 Å². The van der Waals surface area contributed by atoms with E-state index in [4.69, 9.17) is 5.73 Å². The quantitative estimate of drug-likeness (QED) is 0.709. The van der Waals surface area contributed by atoms with E-state index in [9.17, 15) is 4.79 Å². The van der Waals surface area contributed by atoms with E-state index in [1.807, 2.05) is 12.1 Å². The topological polar surface area (TPSA) is 65.8 Å². The summed E-state index contributed by atoms with van der Waals surface area (Å²) in [6.07, 6.45) is 5.55. The first-order valence-electron chi connectivity index (χ1n) is 5.13. The fourth-order valence-electron chi connectivity index (χ4n) is 1.20. The molecule has 0 unspecified atom stereocenters. The van der Waals surface area contributed by atoms with Gasteiger partial charge < -0.3 is 5.32 Å². The lowest BCUT2D eigenvalue weighted by molar-refractivity contribution is -0.121. The van der Waals surface area contributed by atoms with E-state index in [0.29, 0.717) is 19.5 Å². The van der Waals surface area contributed by atoms with Crippen LogP contribution >= 0.6 is 0 Å². The molecule has 2 N–H and O–H groups in total. The number of hydrogen-bond acceptors (Lipinski definition) is 2. The zero-order valence-corrected chi connectivity index (χ0v) is 8.70. The van der Waals surface area contributed by atoms with Gasteiger partial charge in [-0.15, -0.1) is 0 Å². The maximum absolute atomic E-state index is 11.3. The zero-order chi connectivity index (χ0) is 10.9. The number of carbonyl (C=O) groups is 1. The van der Waals surface area contributed by atoms with Crippen molar-refractivity contribution in [3.8, 4) is 0 Å².